The number of fused-ring (bicyclic) bond motifs is 1. The highest BCUT2D eigenvalue weighted by molar-refractivity contribution is 5.97. The van der Waals surface area contributed by atoms with Crippen LogP contribution in [0.15, 0.2) is 18.2 Å². The summed E-state index contributed by atoms with van der Waals surface area (Å²) in [5, 5.41) is 0. The molecule has 0 heterocycles. The van der Waals surface area contributed by atoms with Crippen LogP contribution >= 0.6 is 0 Å². The van der Waals surface area contributed by atoms with Gasteiger partial charge in [0.15, 0.2) is 5.78 Å². The summed E-state index contributed by atoms with van der Waals surface area (Å²) in [6, 6.07) is 6.13. The average molecular weight is 274 g/mol. The first kappa shape index (κ1) is 15.2. The second kappa shape index (κ2) is 8.21. The van der Waals surface area contributed by atoms with E-state index in [1.165, 1.54) is 43.2 Å². The van der Waals surface area contributed by atoms with E-state index in [-0.39, 0.29) is 12.4 Å². The smallest absolute Gasteiger partial charge is 0.188 e. The van der Waals surface area contributed by atoms with Crippen LogP contribution in [0.5, 0.6) is 0 Å². The average Bonchev–Trinajstić information content (AvgIpc) is 2.93. The van der Waals surface area contributed by atoms with Crippen molar-refractivity contribution >= 4 is 5.78 Å². The molecule has 0 fully saturated rings. The Labute approximate surface area is 122 Å². The molecule has 1 aromatic carbocycles. The minimum absolute atomic E-state index is 0.119. The number of benzene rings is 1. The van der Waals surface area contributed by atoms with E-state index in [1.54, 1.807) is 0 Å². The summed E-state index contributed by atoms with van der Waals surface area (Å²) < 4.78 is 5.50. The number of carbonyl (C=O) groups excluding carboxylic acids is 1. The molecule has 0 radical (unpaired) electrons. The molecule has 0 saturated carbocycles. The van der Waals surface area contributed by atoms with Crippen LogP contribution in [0.4, 0.5) is 0 Å². The van der Waals surface area contributed by atoms with Crippen molar-refractivity contribution in [3.05, 3.63) is 34.9 Å². The molecule has 2 rings (SSSR count). The molecule has 0 bridgehead atoms. The van der Waals surface area contributed by atoms with Crippen LogP contribution in [0.3, 0.4) is 0 Å². The molecule has 2 heteroatoms. The zero-order chi connectivity index (χ0) is 14.2. The highest BCUT2D eigenvalue weighted by atomic mass is 16.5. The third kappa shape index (κ3) is 4.45. The van der Waals surface area contributed by atoms with E-state index in [2.05, 4.69) is 19.1 Å². The lowest BCUT2D eigenvalue weighted by Crippen LogP contribution is -2.10. The molecule has 0 atom stereocenters. The van der Waals surface area contributed by atoms with Gasteiger partial charge in [0.25, 0.3) is 0 Å². The van der Waals surface area contributed by atoms with Gasteiger partial charge in [0, 0.05) is 12.2 Å². The fourth-order valence-electron chi connectivity index (χ4n) is 2.80. The minimum Gasteiger partial charge on any atom is -0.373 e. The SMILES string of the molecule is CCCCCCCOCC(=O)c1ccc2c(c1)CCC2. The zero-order valence-electron chi connectivity index (χ0n) is 12.6. The lowest BCUT2D eigenvalue weighted by atomic mass is 10.0. The number of aryl methyl sites for hydroxylation is 2. The summed E-state index contributed by atoms with van der Waals surface area (Å²) >= 11 is 0. The van der Waals surface area contributed by atoms with Gasteiger partial charge in [-0.15, -0.1) is 0 Å². The Bertz CT molecular complexity index is 437. The van der Waals surface area contributed by atoms with Gasteiger partial charge in [-0.3, -0.25) is 4.79 Å². The van der Waals surface area contributed by atoms with Gasteiger partial charge in [-0.05, 0) is 42.9 Å². The zero-order valence-corrected chi connectivity index (χ0v) is 12.6. The van der Waals surface area contributed by atoms with E-state index in [1.807, 2.05) is 6.07 Å². The summed E-state index contributed by atoms with van der Waals surface area (Å²) in [5.41, 5.74) is 3.59. The monoisotopic (exact) mass is 274 g/mol. The number of unbranched alkanes of at least 4 members (excludes halogenated alkanes) is 4. The Balaban J connectivity index is 1.67. The number of hydrogen-bond donors (Lipinski definition) is 0. The Morgan fingerprint density at radius 3 is 2.75 bits per heavy atom. The molecule has 0 aromatic heterocycles. The van der Waals surface area contributed by atoms with Gasteiger partial charge < -0.3 is 4.74 Å². The van der Waals surface area contributed by atoms with Gasteiger partial charge >= 0.3 is 0 Å². The largest absolute Gasteiger partial charge is 0.373 e. The Morgan fingerprint density at radius 2 is 1.90 bits per heavy atom. The number of carbonyl (C=O) groups is 1. The first-order valence-corrected chi connectivity index (χ1v) is 8.04. The predicted octanol–water partition coefficient (Wildman–Crippen LogP) is 4.35. The van der Waals surface area contributed by atoms with Gasteiger partial charge in [0.2, 0.25) is 0 Å². The van der Waals surface area contributed by atoms with Crippen LogP contribution in [0.25, 0.3) is 0 Å². The first-order valence-electron chi connectivity index (χ1n) is 8.04. The van der Waals surface area contributed by atoms with Crippen molar-refractivity contribution in [2.75, 3.05) is 13.2 Å². The Morgan fingerprint density at radius 1 is 1.10 bits per heavy atom. The number of rotatable bonds is 9. The van der Waals surface area contributed by atoms with E-state index in [9.17, 15) is 4.79 Å². The molecular formula is C18H26O2. The number of Topliss-reactive ketones (excluding diaryl/α,β-unsaturated/α-hetero) is 1. The highest BCUT2D eigenvalue weighted by Gasteiger charge is 2.13. The molecule has 0 spiro atoms. The molecule has 0 amide bonds. The van der Waals surface area contributed by atoms with Crippen LogP contribution in [0.1, 0.15) is 66.9 Å². The molecule has 1 aliphatic rings. The van der Waals surface area contributed by atoms with Crippen molar-refractivity contribution in [3.63, 3.8) is 0 Å². The van der Waals surface area contributed by atoms with E-state index < -0.39 is 0 Å². The van der Waals surface area contributed by atoms with Crippen molar-refractivity contribution < 1.29 is 9.53 Å². The second-order valence-corrected chi connectivity index (χ2v) is 5.73. The standard InChI is InChI=1S/C18H26O2/c1-2-3-4-5-6-12-20-14-18(19)17-11-10-15-8-7-9-16(15)13-17/h10-11,13H,2-9,12,14H2,1H3. The van der Waals surface area contributed by atoms with E-state index in [4.69, 9.17) is 4.74 Å². The maximum Gasteiger partial charge on any atom is 0.188 e. The highest BCUT2D eigenvalue weighted by Crippen LogP contribution is 2.23. The fourth-order valence-corrected chi connectivity index (χ4v) is 2.80. The van der Waals surface area contributed by atoms with Crippen LogP contribution < -0.4 is 0 Å². The fraction of sp³-hybridized carbons (Fsp3) is 0.611. The molecule has 1 aromatic rings. The quantitative estimate of drug-likeness (QED) is 0.494. The third-order valence-corrected chi connectivity index (χ3v) is 4.05. The van der Waals surface area contributed by atoms with Gasteiger partial charge in [-0.25, -0.2) is 0 Å². The lowest BCUT2D eigenvalue weighted by molar-refractivity contribution is 0.0752. The molecule has 0 unspecified atom stereocenters. The molecule has 0 aliphatic heterocycles. The van der Waals surface area contributed by atoms with E-state index >= 15 is 0 Å². The summed E-state index contributed by atoms with van der Waals surface area (Å²) in [4.78, 5) is 12.1. The summed E-state index contributed by atoms with van der Waals surface area (Å²) in [7, 11) is 0. The van der Waals surface area contributed by atoms with Crippen molar-refractivity contribution in [2.24, 2.45) is 0 Å². The Kier molecular flexibility index (Phi) is 6.25. The van der Waals surface area contributed by atoms with Crippen LogP contribution in [-0.4, -0.2) is 19.0 Å². The molecular weight excluding hydrogens is 248 g/mol. The summed E-state index contributed by atoms with van der Waals surface area (Å²) in [6.45, 7) is 3.15. The third-order valence-electron chi connectivity index (χ3n) is 4.05. The molecule has 110 valence electrons. The molecule has 2 nitrogen and oxygen atoms in total. The van der Waals surface area contributed by atoms with Crippen LogP contribution in [0.2, 0.25) is 0 Å². The van der Waals surface area contributed by atoms with Crippen molar-refractivity contribution in [3.8, 4) is 0 Å². The number of ether oxygens (including phenoxy) is 1. The minimum atomic E-state index is 0.119. The van der Waals surface area contributed by atoms with E-state index in [0.717, 1.165) is 24.8 Å². The van der Waals surface area contributed by atoms with Gasteiger partial charge in [0.05, 0.1) is 0 Å². The van der Waals surface area contributed by atoms with Crippen molar-refractivity contribution in [1.82, 2.24) is 0 Å². The van der Waals surface area contributed by atoms with Crippen molar-refractivity contribution in [2.45, 2.75) is 58.3 Å². The lowest BCUT2D eigenvalue weighted by Gasteiger charge is -2.06. The number of hydrogen-bond acceptors (Lipinski definition) is 2. The molecule has 0 N–H and O–H groups in total. The molecule has 0 saturated heterocycles. The van der Waals surface area contributed by atoms with Gasteiger partial charge in [-0.2, -0.15) is 0 Å². The predicted molar refractivity (Wildman–Crippen MR) is 82.4 cm³/mol. The second-order valence-electron chi connectivity index (χ2n) is 5.73. The summed E-state index contributed by atoms with van der Waals surface area (Å²) in [5.74, 6) is 0.119. The maximum atomic E-state index is 12.1. The number of ketones is 1. The van der Waals surface area contributed by atoms with Crippen LogP contribution in [-0.2, 0) is 17.6 Å². The maximum absolute atomic E-state index is 12.1. The first-order chi connectivity index (χ1) is 9.81. The summed E-state index contributed by atoms with van der Waals surface area (Å²) in [6.07, 6.45) is 9.62. The van der Waals surface area contributed by atoms with Crippen LogP contribution in [0, 0.1) is 0 Å². The molecule has 1 aliphatic carbocycles. The normalized spacial score (nSPS) is 13.4. The van der Waals surface area contributed by atoms with Gasteiger partial charge in [0.1, 0.15) is 6.61 Å². The Hall–Kier alpha value is -1.15. The van der Waals surface area contributed by atoms with Crippen molar-refractivity contribution in [1.29, 1.82) is 0 Å². The van der Waals surface area contributed by atoms with Gasteiger partial charge in [-0.1, -0.05) is 44.7 Å². The topological polar surface area (TPSA) is 26.3 Å². The van der Waals surface area contributed by atoms with E-state index in [0.29, 0.717) is 6.61 Å². The molecule has 20 heavy (non-hydrogen) atoms.